The summed E-state index contributed by atoms with van der Waals surface area (Å²) < 4.78 is 91.0. The number of nitrogens with one attached hydrogen (secondary N) is 2. The topological polar surface area (TPSA) is 130 Å². The van der Waals surface area contributed by atoms with Crippen LogP contribution in [0.3, 0.4) is 0 Å². The molecule has 11 nitrogen and oxygen atoms in total. The molecule has 0 radical (unpaired) electrons. The lowest BCUT2D eigenvalue weighted by Gasteiger charge is -2.29. The molecule has 3 heterocycles. The zero-order valence-corrected chi connectivity index (χ0v) is 20.6. The van der Waals surface area contributed by atoms with Gasteiger partial charge in [0.15, 0.2) is 16.8 Å². The van der Waals surface area contributed by atoms with Gasteiger partial charge in [0.05, 0.1) is 37.3 Å². The monoisotopic (exact) mass is 556 g/mol. The Hall–Kier alpha value is -3.34. The van der Waals surface area contributed by atoms with Crippen molar-refractivity contribution < 1.29 is 50.5 Å². The Labute approximate surface area is 212 Å². The molecule has 38 heavy (non-hydrogen) atoms. The van der Waals surface area contributed by atoms with Crippen molar-refractivity contribution in [2.24, 2.45) is 0 Å². The van der Waals surface area contributed by atoms with Crippen LogP contribution < -0.4 is 10.6 Å². The van der Waals surface area contributed by atoms with Gasteiger partial charge in [-0.25, -0.2) is 19.1 Å². The first-order valence-electron chi connectivity index (χ1n) is 11.1. The minimum atomic E-state index is -4.71. The highest BCUT2D eigenvalue weighted by molar-refractivity contribution is 5.78. The normalized spacial score (nSPS) is 20.5. The molecule has 212 valence electrons. The number of methoxy groups -OCH3 is 1. The van der Waals surface area contributed by atoms with Crippen molar-refractivity contribution in [3.05, 3.63) is 29.7 Å². The molecular formula is C21H26F6N6O5. The van der Waals surface area contributed by atoms with Gasteiger partial charge in [0, 0.05) is 13.5 Å². The number of carbonyl (C=O) groups is 2. The van der Waals surface area contributed by atoms with E-state index in [1.807, 2.05) is 5.32 Å². The van der Waals surface area contributed by atoms with Gasteiger partial charge in [-0.2, -0.15) is 31.4 Å². The lowest BCUT2D eigenvalue weighted by Crippen LogP contribution is -2.53. The van der Waals surface area contributed by atoms with E-state index in [1.165, 1.54) is 30.1 Å². The smallest absolute Gasteiger partial charge is 0.416 e. The maximum atomic E-state index is 13.4. The average Bonchev–Trinajstić information content (AvgIpc) is 3.34. The molecule has 1 aliphatic heterocycles. The highest BCUT2D eigenvalue weighted by Crippen LogP contribution is 2.35. The Balaban J connectivity index is 1.81. The Morgan fingerprint density at radius 2 is 1.95 bits per heavy atom. The van der Waals surface area contributed by atoms with Crippen molar-refractivity contribution in [1.82, 2.24) is 30.1 Å². The number of aromatic nitrogens is 3. The largest absolute Gasteiger partial charge is 0.465 e. The molecule has 3 rings (SSSR count). The van der Waals surface area contributed by atoms with Crippen LogP contribution in [0.1, 0.15) is 38.1 Å². The van der Waals surface area contributed by atoms with Crippen molar-refractivity contribution in [3.8, 4) is 0 Å². The molecule has 0 aliphatic carbocycles. The summed E-state index contributed by atoms with van der Waals surface area (Å²) >= 11 is 0. The molecule has 1 aliphatic rings. The van der Waals surface area contributed by atoms with Gasteiger partial charge in [0.2, 0.25) is 0 Å². The number of imidazole rings is 1. The van der Waals surface area contributed by atoms with Crippen LogP contribution in [0, 0.1) is 0 Å². The fourth-order valence-corrected chi connectivity index (χ4v) is 3.61. The van der Waals surface area contributed by atoms with E-state index in [9.17, 15) is 35.9 Å². The third-order valence-corrected chi connectivity index (χ3v) is 6.13. The zero-order chi connectivity index (χ0) is 28.7. The second-order valence-corrected chi connectivity index (χ2v) is 9.44. The predicted octanol–water partition coefficient (Wildman–Crippen LogP) is 3.26. The quantitative estimate of drug-likeness (QED) is 0.405. The number of nitrogens with zero attached hydrogens (tertiary/aromatic N) is 4. The van der Waals surface area contributed by atoms with Gasteiger partial charge < -0.3 is 25.2 Å². The maximum Gasteiger partial charge on any atom is 0.416 e. The van der Waals surface area contributed by atoms with Gasteiger partial charge in [-0.1, -0.05) is 0 Å². The summed E-state index contributed by atoms with van der Waals surface area (Å²) in [7, 11) is 1.23. The molecule has 0 aromatic carbocycles. The minimum Gasteiger partial charge on any atom is -0.465 e. The fourth-order valence-electron chi connectivity index (χ4n) is 3.61. The highest BCUT2D eigenvalue weighted by Gasteiger charge is 2.58. The summed E-state index contributed by atoms with van der Waals surface area (Å²) in [6.45, 7) is 1.08. The number of halogens is 6. The lowest BCUT2D eigenvalue weighted by molar-refractivity contribution is -0.265. The molecule has 0 bridgehead atoms. The van der Waals surface area contributed by atoms with Crippen LogP contribution in [-0.2, 0) is 15.9 Å². The van der Waals surface area contributed by atoms with E-state index in [-0.39, 0.29) is 17.8 Å². The van der Waals surface area contributed by atoms with E-state index in [2.05, 4.69) is 15.4 Å². The van der Waals surface area contributed by atoms with Gasteiger partial charge in [-0.3, -0.25) is 4.90 Å². The number of rotatable bonds is 9. The van der Waals surface area contributed by atoms with E-state index >= 15 is 0 Å². The highest BCUT2D eigenvalue weighted by atomic mass is 19.4. The molecule has 3 amide bonds. The van der Waals surface area contributed by atoms with Crippen LogP contribution in [0.4, 0.5) is 35.9 Å². The first kappa shape index (κ1) is 29.2. The number of amides is 3. The van der Waals surface area contributed by atoms with Crippen molar-refractivity contribution in [2.45, 2.75) is 63.0 Å². The summed E-state index contributed by atoms with van der Waals surface area (Å²) in [4.78, 5) is 28.6. The van der Waals surface area contributed by atoms with Crippen molar-refractivity contribution in [2.75, 3.05) is 20.3 Å². The van der Waals surface area contributed by atoms with E-state index < -0.39 is 61.0 Å². The van der Waals surface area contributed by atoms with Crippen molar-refractivity contribution >= 4 is 17.8 Å². The Kier molecular flexibility index (Phi) is 7.76. The molecule has 1 saturated heterocycles. The fraction of sp³-hybridized carbons (Fsp3) is 0.619. The van der Waals surface area contributed by atoms with E-state index in [1.54, 1.807) is 0 Å². The first-order valence-corrected chi connectivity index (χ1v) is 11.1. The number of hydrogen-bond donors (Lipinski definition) is 3. The molecular weight excluding hydrogens is 530 g/mol. The van der Waals surface area contributed by atoms with Gasteiger partial charge in [0.25, 0.3) is 0 Å². The molecule has 0 unspecified atom stereocenters. The van der Waals surface area contributed by atoms with Gasteiger partial charge in [-0.05, 0) is 32.4 Å². The average molecular weight is 556 g/mol. The van der Waals surface area contributed by atoms with Crippen LogP contribution in [0.2, 0.25) is 0 Å². The number of hydrogen-bond acceptors (Lipinski definition) is 6. The number of alkyl halides is 6. The molecule has 2 aromatic heterocycles. The molecule has 2 aromatic rings. The third-order valence-electron chi connectivity index (χ3n) is 6.13. The number of carbonyl (C=O) groups excluding carboxylic acids is 1. The third kappa shape index (κ3) is 6.03. The number of fused-ring (bicyclic) bond motifs is 1. The number of urea groups is 1. The van der Waals surface area contributed by atoms with Crippen LogP contribution in [0.15, 0.2) is 18.5 Å². The molecule has 3 atom stereocenters. The molecule has 0 spiro atoms. The Morgan fingerprint density at radius 3 is 2.47 bits per heavy atom. The minimum absolute atomic E-state index is 0.0122. The number of ether oxygens (including phenoxy) is 2. The van der Waals surface area contributed by atoms with E-state index in [0.29, 0.717) is 5.56 Å². The summed E-state index contributed by atoms with van der Waals surface area (Å²) in [6.07, 6.45) is -9.45. The molecule has 1 fully saturated rings. The second-order valence-electron chi connectivity index (χ2n) is 9.44. The van der Waals surface area contributed by atoms with Crippen LogP contribution >= 0.6 is 0 Å². The summed E-state index contributed by atoms with van der Waals surface area (Å²) in [5.74, 6) is 0. The van der Waals surface area contributed by atoms with Gasteiger partial charge in [-0.15, -0.1) is 0 Å². The van der Waals surface area contributed by atoms with Gasteiger partial charge in [0.1, 0.15) is 6.23 Å². The standard InChI is InChI=1S/C21H26F6N6O5/c1-18(2,20(22,23)24)38-9-13(30-17(35)36)12-8-33-14(29-12)5-11(7-28-33)6-15(37-4)32-10-19(3,21(25,26)27)31-16(32)34/h5,7-8,13,15,30H,6,9-10H2,1-4H3,(H,31,34)(H,35,36)/t13-,15-,19-/m0/s1. The zero-order valence-electron chi connectivity index (χ0n) is 20.6. The molecule has 17 heteroatoms. The van der Waals surface area contributed by atoms with E-state index in [0.717, 1.165) is 25.7 Å². The Bertz CT molecular complexity index is 1190. The molecule has 3 N–H and O–H groups in total. The lowest BCUT2D eigenvalue weighted by atomic mass is 10.0. The summed E-state index contributed by atoms with van der Waals surface area (Å²) in [6, 6.07) is -0.768. The number of carboxylic acid groups (broad SMARTS) is 1. The first-order chi connectivity index (χ1) is 17.4. The van der Waals surface area contributed by atoms with Crippen molar-refractivity contribution in [3.63, 3.8) is 0 Å². The van der Waals surface area contributed by atoms with E-state index in [4.69, 9.17) is 14.6 Å². The molecule has 0 saturated carbocycles. The maximum absolute atomic E-state index is 13.4. The predicted molar refractivity (Wildman–Crippen MR) is 117 cm³/mol. The van der Waals surface area contributed by atoms with Crippen LogP contribution in [0.5, 0.6) is 0 Å². The summed E-state index contributed by atoms with van der Waals surface area (Å²) in [5, 5.41) is 17.2. The van der Waals surface area contributed by atoms with Crippen LogP contribution in [-0.4, -0.2) is 86.7 Å². The summed E-state index contributed by atoms with van der Waals surface area (Å²) in [5.41, 5.74) is -4.44. The van der Waals surface area contributed by atoms with Crippen LogP contribution in [0.25, 0.3) is 5.65 Å². The van der Waals surface area contributed by atoms with Crippen molar-refractivity contribution in [1.29, 1.82) is 0 Å². The SMILES string of the molecule is CO[C@@H](Cc1cnn2cc([C@H](COC(C)(C)C(F)(F)F)NC(=O)O)nc2c1)N1C[C@@](C)(C(F)(F)F)NC1=O. The van der Waals surface area contributed by atoms with Gasteiger partial charge >= 0.3 is 24.5 Å². The second kappa shape index (κ2) is 10.1. The Morgan fingerprint density at radius 1 is 1.29 bits per heavy atom.